The molecular formula is C31H32FNO4. The van der Waals surface area contributed by atoms with Crippen LogP contribution in [0.25, 0.3) is 5.76 Å². The molecule has 1 aliphatic rings. The molecule has 1 saturated heterocycles. The number of hydrogen-bond donors (Lipinski definition) is 1. The summed E-state index contributed by atoms with van der Waals surface area (Å²) in [5.74, 6) is -1.94. The number of anilines is 1. The van der Waals surface area contributed by atoms with Gasteiger partial charge in [-0.05, 0) is 73.7 Å². The number of rotatable bonds is 5. The molecule has 0 aliphatic carbocycles. The lowest BCUT2D eigenvalue weighted by Crippen LogP contribution is -2.30. The Bertz CT molecular complexity index is 1420. The fourth-order valence-corrected chi connectivity index (χ4v) is 4.67. The highest BCUT2D eigenvalue weighted by atomic mass is 19.1. The second-order valence-electron chi connectivity index (χ2n) is 10.4. The minimum absolute atomic E-state index is 0.128. The van der Waals surface area contributed by atoms with Gasteiger partial charge in [0, 0.05) is 22.4 Å². The molecule has 1 heterocycles. The quantitative estimate of drug-likeness (QED) is 0.238. The van der Waals surface area contributed by atoms with Crippen LogP contribution in [0.5, 0.6) is 5.75 Å². The predicted molar refractivity (Wildman–Crippen MR) is 143 cm³/mol. The van der Waals surface area contributed by atoms with Gasteiger partial charge in [0.2, 0.25) is 0 Å². The number of aliphatic hydroxyl groups is 1. The van der Waals surface area contributed by atoms with Crippen LogP contribution in [0.2, 0.25) is 0 Å². The molecule has 0 saturated carbocycles. The molecule has 1 aliphatic heterocycles. The number of ketones is 1. The van der Waals surface area contributed by atoms with Gasteiger partial charge in [0.1, 0.15) is 17.3 Å². The Morgan fingerprint density at radius 1 is 1.00 bits per heavy atom. The van der Waals surface area contributed by atoms with Crippen molar-refractivity contribution in [3.8, 4) is 5.75 Å². The summed E-state index contributed by atoms with van der Waals surface area (Å²) in [4.78, 5) is 28.1. The van der Waals surface area contributed by atoms with Crippen LogP contribution < -0.4 is 9.64 Å². The summed E-state index contributed by atoms with van der Waals surface area (Å²) in [5, 5.41) is 11.5. The van der Waals surface area contributed by atoms with E-state index in [9.17, 15) is 14.7 Å². The summed E-state index contributed by atoms with van der Waals surface area (Å²) < 4.78 is 20.9. The molecule has 1 amide bonds. The zero-order valence-electron chi connectivity index (χ0n) is 22.1. The monoisotopic (exact) mass is 501 g/mol. The average Bonchev–Trinajstić information content (AvgIpc) is 3.10. The molecule has 1 fully saturated rings. The van der Waals surface area contributed by atoms with Gasteiger partial charge in [-0.2, -0.15) is 0 Å². The lowest BCUT2D eigenvalue weighted by Gasteiger charge is -2.27. The van der Waals surface area contributed by atoms with Crippen LogP contribution in [-0.2, 0) is 15.0 Å². The van der Waals surface area contributed by atoms with Crippen molar-refractivity contribution < 1.29 is 23.8 Å². The van der Waals surface area contributed by atoms with E-state index < -0.39 is 23.5 Å². The van der Waals surface area contributed by atoms with E-state index in [1.165, 1.54) is 17.0 Å². The molecule has 0 aromatic heterocycles. The molecule has 1 unspecified atom stereocenters. The Kier molecular flexibility index (Phi) is 6.96. The van der Waals surface area contributed by atoms with Gasteiger partial charge in [-0.15, -0.1) is 0 Å². The standard InChI is InChI=1S/C31H32FNO4/c1-7-37-25-15-13-20(17-23(25)31(4,5)6)28(34)26-27(22-10-8-9-11-24(22)32)33(30(36)29(26)35)21-14-12-18(2)19(3)16-21/h8-17,27,34H,7H2,1-6H3/b28-26+. The lowest BCUT2D eigenvalue weighted by molar-refractivity contribution is -0.132. The Balaban J connectivity index is 1.97. The van der Waals surface area contributed by atoms with Crippen molar-refractivity contribution >= 4 is 23.1 Å². The second-order valence-corrected chi connectivity index (χ2v) is 10.4. The summed E-state index contributed by atoms with van der Waals surface area (Å²) in [6, 6.07) is 15.4. The number of ether oxygens (including phenoxy) is 1. The Morgan fingerprint density at radius 2 is 1.70 bits per heavy atom. The first-order valence-electron chi connectivity index (χ1n) is 12.4. The minimum Gasteiger partial charge on any atom is -0.507 e. The maximum atomic E-state index is 15.2. The van der Waals surface area contributed by atoms with Gasteiger partial charge in [0.05, 0.1) is 18.2 Å². The third-order valence-electron chi connectivity index (χ3n) is 6.77. The maximum absolute atomic E-state index is 15.2. The SMILES string of the molecule is CCOc1ccc(/C(O)=C2\C(=O)C(=O)N(c3ccc(C)c(C)c3)C2c2ccccc2F)cc1C(C)(C)C. The summed E-state index contributed by atoms with van der Waals surface area (Å²) in [6.07, 6.45) is 0. The van der Waals surface area contributed by atoms with Crippen LogP contribution in [-0.4, -0.2) is 23.4 Å². The van der Waals surface area contributed by atoms with Crippen molar-refractivity contribution in [1.82, 2.24) is 0 Å². The van der Waals surface area contributed by atoms with Crippen LogP contribution in [0.1, 0.15) is 61.6 Å². The number of carbonyl (C=O) groups excluding carboxylic acids is 2. The van der Waals surface area contributed by atoms with Crippen molar-refractivity contribution in [2.45, 2.75) is 53.0 Å². The Hall–Kier alpha value is -3.93. The molecule has 0 radical (unpaired) electrons. The number of aryl methyl sites for hydroxylation is 2. The number of halogens is 1. The molecule has 4 rings (SSSR count). The van der Waals surface area contributed by atoms with E-state index in [-0.39, 0.29) is 22.3 Å². The zero-order valence-corrected chi connectivity index (χ0v) is 22.1. The second kappa shape index (κ2) is 9.85. The molecule has 3 aromatic carbocycles. The van der Waals surface area contributed by atoms with E-state index >= 15 is 4.39 Å². The third-order valence-corrected chi connectivity index (χ3v) is 6.77. The van der Waals surface area contributed by atoms with Crippen molar-refractivity contribution in [2.75, 3.05) is 11.5 Å². The molecular weight excluding hydrogens is 469 g/mol. The molecule has 0 bridgehead atoms. The molecule has 5 nitrogen and oxygen atoms in total. The van der Waals surface area contributed by atoms with Gasteiger partial charge >= 0.3 is 0 Å². The first-order valence-corrected chi connectivity index (χ1v) is 12.4. The van der Waals surface area contributed by atoms with Crippen molar-refractivity contribution in [1.29, 1.82) is 0 Å². The van der Waals surface area contributed by atoms with Crippen LogP contribution in [0.3, 0.4) is 0 Å². The first kappa shape index (κ1) is 26.1. The molecule has 3 aromatic rings. The fourth-order valence-electron chi connectivity index (χ4n) is 4.67. The van der Waals surface area contributed by atoms with Gasteiger partial charge in [-0.1, -0.05) is 45.0 Å². The highest BCUT2D eigenvalue weighted by molar-refractivity contribution is 6.51. The van der Waals surface area contributed by atoms with E-state index in [1.807, 2.05) is 47.6 Å². The topological polar surface area (TPSA) is 66.8 Å². The number of Topliss-reactive ketones (excluding diaryl/α,β-unsaturated/α-hetero) is 1. The lowest BCUT2D eigenvalue weighted by atomic mass is 9.84. The van der Waals surface area contributed by atoms with Gasteiger partial charge < -0.3 is 9.84 Å². The minimum atomic E-state index is -1.13. The molecule has 37 heavy (non-hydrogen) atoms. The van der Waals surface area contributed by atoms with Gasteiger partial charge in [0.25, 0.3) is 11.7 Å². The van der Waals surface area contributed by atoms with Crippen LogP contribution in [0.15, 0.2) is 66.2 Å². The number of nitrogens with zero attached hydrogens (tertiary/aromatic N) is 1. The van der Waals surface area contributed by atoms with Gasteiger partial charge in [-0.3, -0.25) is 14.5 Å². The number of benzene rings is 3. The van der Waals surface area contributed by atoms with E-state index in [0.717, 1.165) is 16.7 Å². The number of amides is 1. The Labute approximate surface area is 217 Å². The average molecular weight is 502 g/mol. The van der Waals surface area contributed by atoms with E-state index in [2.05, 4.69) is 0 Å². The van der Waals surface area contributed by atoms with Gasteiger partial charge in [0.15, 0.2) is 0 Å². The van der Waals surface area contributed by atoms with Crippen LogP contribution >= 0.6 is 0 Å². The van der Waals surface area contributed by atoms with E-state index in [4.69, 9.17) is 4.74 Å². The van der Waals surface area contributed by atoms with E-state index in [0.29, 0.717) is 23.6 Å². The molecule has 192 valence electrons. The highest BCUT2D eigenvalue weighted by Gasteiger charge is 2.48. The molecule has 6 heteroatoms. The number of aliphatic hydroxyl groups excluding tert-OH is 1. The van der Waals surface area contributed by atoms with Crippen LogP contribution in [0, 0.1) is 19.7 Å². The normalized spacial score (nSPS) is 17.4. The largest absolute Gasteiger partial charge is 0.507 e. The van der Waals surface area contributed by atoms with E-state index in [1.54, 1.807) is 42.5 Å². The first-order chi connectivity index (χ1) is 17.5. The maximum Gasteiger partial charge on any atom is 0.300 e. The fraction of sp³-hybridized carbons (Fsp3) is 0.290. The predicted octanol–water partition coefficient (Wildman–Crippen LogP) is 6.77. The summed E-state index contributed by atoms with van der Waals surface area (Å²) in [7, 11) is 0. The van der Waals surface area contributed by atoms with Crippen molar-refractivity contribution in [2.24, 2.45) is 0 Å². The van der Waals surface area contributed by atoms with Crippen molar-refractivity contribution in [3.05, 3.63) is 99.9 Å². The van der Waals surface area contributed by atoms with Crippen LogP contribution in [0.4, 0.5) is 10.1 Å². The summed E-state index contributed by atoms with van der Waals surface area (Å²) in [6.45, 7) is 12.3. The number of hydrogen-bond acceptors (Lipinski definition) is 4. The smallest absolute Gasteiger partial charge is 0.300 e. The Morgan fingerprint density at radius 3 is 2.32 bits per heavy atom. The summed E-state index contributed by atoms with van der Waals surface area (Å²) >= 11 is 0. The molecule has 1 N–H and O–H groups in total. The van der Waals surface area contributed by atoms with Crippen molar-refractivity contribution in [3.63, 3.8) is 0 Å². The number of carbonyl (C=O) groups is 2. The zero-order chi connectivity index (χ0) is 27.1. The third kappa shape index (κ3) is 4.76. The highest BCUT2D eigenvalue weighted by Crippen LogP contribution is 2.44. The van der Waals surface area contributed by atoms with Gasteiger partial charge in [-0.25, -0.2) is 4.39 Å². The summed E-state index contributed by atoms with van der Waals surface area (Å²) in [5.41, 5.74) is 3.24. The molecule has 1 atom stereocenters. The molecule has 0 spiro atoms.